The summed E-state index contributed by atoms with van der Waals surface area (Å²) in [7, 11) is 4.35. The lowest BCUT2D eigenvalue weighted by atomic mass is 9.90. The minimum Gasteiger partial charge on any atom is -0.396 e. The van der Waals surface area contributed by atoms with Crippen LogP contribution in [0.25, 0.3) is 11.0 Å². The number of imidazole rings is 1. The van der Waals surface area contributed by atoms with Gasteiger partial charge in [0.2, 0.25) is 0 Å². The predicted octanol–water partition coefficient (Wildman–Crippen LogP) is 2.98. The summed E-state index contributed by atoms with van der Waals surface area (Å²) < 4.78 is 2.29. The number of rotatable bonds is 7. The molecule has 0 spiro atoms. The Balaban J connectivity index is 1.46. The molecule has 5 rings (SSSR count). The molecule has 0 unspecified atom stereocenters. The van der Waals surface area contributed by atoms with Gasteiger partial charge in [-0.1, -0.05) is 12.1 Å². The Kier molecular flexibility index (Phi) is 6.62. The van der Waals surface area contributed by atoms with Crippen LogP contribution in [0.15, 0.2) is 36.5 Å². The molecule has 1 aliphatic heterocycles. The monoisotopic (exact) mass is 448 g/mol. The molecule has 1 saturated heterocycles. The first-order chi connectivity index (χ1) is 16.2. The number of anilines is 1. The quantitative estimate of drug-likeness (QED) is 0.600. The number of fused-ring (bicyclic) bond motifs is 2. The number of aromatic nitrogens is 3. The number of aryl methyl sites for hydroxylation is 2. The molecule has 2 aromatic heterocycles. The van der Waals surface area contributed by atoms with Crippen LogP contribution in [0.3, 0.4) is 0 Å². The van der Waals surface area contributed by atoms with Crippen LogP contribution >= 0.6 is 0 Å². The summed E-state index contributed by atoms with van der Waals surface area (Å²) >= 11 is 0. The molecule has 0 radical (unpaired) electrons. The van der Waals surface area contributed by atoms with Gasteiger partial charge in [-0.25, -0.2) is 4.98 Å². The summed E-state index contributed by atoms with van der Waals surface area (Å²) in [5.41, 5.74) is 6.15. The third-order valence-corrected chi connectivity index (χ3v) is 7.36. The molecular formula is C26H36N6O. The number of benzene rings is 1. The van der Waals surface area contributed by atoms with Crippen molar-refractivity contribution in [2.24, 2.45) is 7.05 Å². The fourth-order valence-corrected chi connectivity index (χ4v) is 5.48. The summed E-state index contributed by atoms with van der Waals surface area (Å²) in [5.74, 6) is 1.08. The number of hydrogen-bond acceptors (Lipinski definition) is 6. The molecule has 0 amide bonds. The minimum atomic E-state index is 0.203. The number of hydrogen-bond donors (Lipinski definition) is 1. The van der Waals surface area contributed by atoms with E-state index in [-0.39, 0.29) is 12.6 Å². The molecule has 1 fully saturated rings. The number of aliphatic hydroxyl groups excluding tert-OH is 1. The molecule has 7 nitrogen and oxygen atoms in total. The lowest BCUT2D eigenvalue weighted by Crippen LogP contribution is -2.44. The number of para-hydroxylation sites is 1. The molecule has 7 heteroatoms. The third kappa shape index (κ3) is 4.50. The number of aliphatic hydroxyl groups is 1. The molecule has 3 heterocycles. The molecule has 3 aromatic rings. The lowest BCUT2D eigenvalue weighted by molar-refractivity contribution is 0.144. The van der Waals surface area contributed by atoms with Crippen molar-refractivity contribution in [3.8, 4) is 0 Å². The van der Waals surface area contributed by atoms with Gasteiger partial charge in [-0.05, 0) is 56.5 Å². The topological polar surface area (TPSA) is 60.7 Å². The van der Waals surface area contributed by atoms with Gasteiger partial charge >= 0.3 is 0 Å². The molecule has 0 bridgehead atoms. The molecule has 2 aliphatic rings. The summed E-state index contributed by atoms with van der Waals surface area (Å²) in [4.78, 5) is 17.2. The van der Waals surface area contributed by atoms with E-state index in [9.17, 15) is 5.11 Å². The van der Waals surface area contributed by atoms with E-state index in [0.29, 0.717) is 0 Å². The zero-order valence-corrected chi connectivity index (χ0v) is 20.0. The highest BCUT2D eigenvalue weighted by Crippen LogP contribution is 2.35. The van der Waals surface area contributed by atoms with Gasteiger partial charge in [0.05, 0.1) is 35.0 Å². The maximum atomic E-state index is 9.57. The zero-order chi connectivity index (χ0) is 22.8. The standard InChI is InChI=1S/C26H36N6O/c1-29-14-16-31(17-15-29)23-11-4-9-21-26(23)30(2)24(28-21)19-32(13-6-18-33)22-10-3-7-20-8-5-12-27-25(20)22/h4-5,8-9,11-12,22,33H,3,6-7,10,13-19H2,1-2H3/t22-/m1/s1. The fraction of sp³-hybridized carbons (Fsp3) is 0.538. The Morgan fingerprint density at radius 3 is 2.76 bits per heavy atom. The van der Waals surface area contributed by atoms with E-state index in [2.05, 4.69) is 57.6 Å². The Morgan fingerprint density at radius 2 is 1.94 bits per heavy atom. The van der Waals surface area contributed by atoms with Crippen molar-refractivity contribution in [2.75, 3.05) is 51.3 Å². The predicted molar refractivity (Wildman–Crippen MR) is 132 cm³/mol. The normalized spacial score (nSPS) is 19.4. The summed E-state index contributed by atoms with van der Waals surface area (Å²) in [6, 6.07) is 11.1. The van der Waals surface area contributed by atoms with Gasteiger partial charge in [-0.3, -0.25) is 9.88 Å². The highest BCUT2D eigenvalue weighted by Gasteiger charge is 2.28. The van der Waals surface area contributed by atoms with Crippen molar-refractivity contribution in [2.45, 2.75) is 38.3 Å². The van der Waals surface area contributed by atoms with Gasteiger partial charge in [0.15, 0.2) is 0 Å². The summed E-state index contributed by atoms with van der Waals surface area (Å²) in [6.07, 6.45) is 6.06. The van der Waals surface area contributed by atoms with Crippen LogP contribution in [0.2, 0.25) is 0 Å². The van der Waals surface area contributed by atoms with Crippen LogP contribution in [-0.2, 0) is 20.0 Å². The van der Waals surface area contributed by atoms with E-state index in [0.717, 1.165) is 69.9 Å². The Hall–Kier alpha value is -2.48. The van der Waals surface area contributed by atoms with E-state index < -0.39 is 0 Å². The van der Waals surface area contributed by atoms with Crippen molar-refractivity contribution < 1.29 is 5.11 Å². The maximum Gasteiger partial charge on any atom is 0.123 e. The Morgan fingerprint density at radius 1 is 1.09 bits per heavy atom. The van der Waals surface area contributed by atoms with Gasteiger partial charge in [0, 0.05) is 52.6 Å². The summed E-state index contributed by atoms with van der Waals surface area (Å²) in [6.45, 7) is 6.06. The molecule has 1 aliphatic carbocycles. The third-order valence-electron chi connectivity index (χ3n) is 7.36. The number of pyridine rings is 1. The van der Waals surface area contributed by atoms with Crippen LogP contribution in [0.1, 0.15) is 42.4 Å². The van der Waals surface area contributed by atoms with E-state index in [1.54, 1.807) is 0 Å². The number of likely N-dealkylation sites (N-methyl/N-ethyl adjacent to an activating group) is 1. The Bertz CT molecular complexity index is 1090. The highest BCUT2D eigenvalue weighted by molar-refractivity contribution is 5.89. The number of piperazine rings is 1. The van der Waals surface area contributed by atoms with Crippen molar-refractivity contribution >= 4 is 16.7 Å². The average molecular weight is 449 g/mol. The lowest BCUT2D eigenvalue weighted by Gasteiger charge is -2.35. The van der Waals surface area contributed by atoms with Crippen LogP contribution < -0.4 is 4.90 Å². The molecule has 176 valence electrons. The largest absolute Gasteiger partial charge is 0.396 e. The Labute approximate surface area is 196 Å². The van der Waals surface area contributed by atoms with E-state index >= 15 is 0 Å². The second kappa shape index (κ2) is 9.79. The molecule has 0 saturated carbocycles. The average Bonchev–Trinajstić information content (AvgIpc) is 3.17. The molecular weight excluding hydrogens is 412 g/mol. The van der Waals surface area contributed by atoms with Gasteiger partial charge < -0.3 is 19.5 Å². The zero-order valence-electron chi connectivity index (χ0n) is 20.0. The van der Waals surface area contributed by atoms with Crippen LogP contribution in [0.5, 0.6) is 0 Å². The van der Waals surface area contributed by atoms with Gasteiger partial charge in [0.25, 0.3) is 0 Å². The first-order valence-corrected chi connectivity index (χ1v) is 12.3. The highest BCUT2D eigenvalue weighted by atomic mass is 16.3. The van der Waals surface area contributed by atoms with E-state index in [1.807, 2.05) is 12.3 Å². The molecule has 1 atom stereocenters. The van der Waals surface area contributed by atoms with Gasteiger partial charge in [-0.2, -0.15) is 0 Å². The number of nitrogens with zero attached hydrogens (tertiary/aromatic N) is 6. The smallest absolute Gasteiger partial charge is 0.123 e. The van der Waals surface area contributed by atoms with Crippen molar-refractivity contribution in [1.82, 2.24) is 24.3 Å². The summed E-state index contributed by atoms with van der Waals surface area (Å²) in [5, 5.41) is 9.57. The maximum absolute atomic E-state index is 9.57. The molecule has 33 heavy (non-hydrogen) atoms. The molecule has 1 N–H and O–H groups in total. The second-order valence-electron chi connectivity index (χ2n) is 9.53. The van der Waals surface area contributed by atoms with Crippen molar-refractivity contribution in [1.29, 1.82) is 0 Å². The van der Waals surface area contributed by atoms with Crippen LogP contribution in [-0.4, -0.2) is 75.8 Å². The van der Waals surface area contributed by atoms with Gasteiger partial charge in [0.1, 0.15) is 5.82 Å². The SMILES string of the molecule is CN1CCN(c2cccc3nc(CN(CCCO)[C@@H]4CCCc5cccnc54)n(C)c23)CC1. The fourth-order valence-electron chi connectivity index (χ4n) is 5.48. The van der Waals surface area contributed by atoms with E-state index in [4.69, 9.17) is 9.97 Å². The second-order valence-corrected chi connectivity index (χ2v) is 9.53. The van der Waals surface area contributed by atoms with Gasteiger partial charge in [-0.15, -0.1) is 0 Å². The van der Waals surface area contributed by atoms with E-state index in [1.165, 1.54) is 28.9 Å². The minimum absolute atomic E-state index is 0.203. The van der Waals surface area contributed by atoms with Crippen LogP contribution in [0.4, 0.5) is 5.69 Å². The van der Waals surface area contributed by atoms with Crippen LogP contribution in [0, 0.1) is 0 Å². The van der Waals surface area contributed by atoms with Crippen molar-refractivity contribution in [3.05, 3.63) is 53.6 Å². The first-order valence-electron chi connectivity index (χ1n) is 12.3. The van der Waals surface area contributed by atoms with Crippen molar-refractivity contribution in [3.63, 3.8) is 0 Å². The molecule has 1 aromatic carbocycles. The first kappa shape index (κ1) is 22.3.